The van der Waals surface area contributed by atoms with Crippen LogP contribution < -0.4 is 10.6 Å². The van der Waals surface area contributed by atoms with Gasteiger partial charge in [-0.15, -0.1) is 0 Å². The number of carbonyl (C=O) groups excluding carboxylic acids is 1. The molecule has 0 saturated carbocycles. The number of imidazole rings is 1. The number of carbonyl (C=O) groups is 1. The molecule has 0 spiro atoms. The minimum atomic E-state index is -0.709. The predicted octanol–water partition coefficient (Wildman–Crippen LogP) is 2.90. The third-order valence-corrected chi connectivity index (χ3v) is 5.13. The average molecular weight is 440 g/mol. The zero-order valence-electron chi connectivity index (χ0n) is 18.1. The van der Waals surface area contributed by atoms with Gasteiger partial charge in [0.25, 0.3) is 0 Å². The number of H-pyrrole nitrogens is 1. The molecule has 2 aromatic heterocycles. The van der Waals surface area contributed by atoms with Crippen molar-refractivity contribution in [2.75, 3.05) is 32.1 Å². The fraction of sp³-hybridized carbons (Fsp3) is 0.364. The predicted molar refractivity (Wildman–Crippen MR) is 116 cm³/mol. The number of nitrogens with one attached hydrogen (secondary N) is 3. The van der Waals surface area contributed by atoms with Crippen molar-refractivity contribution >= 4 is 11.9 Å². The number of aromatic nitrogens is 4. The lowest BCUT2D eigenvalue weighted by Crippen LogP contribution is -2.45. The first kappa shape index (κ1) is 21.8. The minimum absolute atomic E-state index is 0.0984. The van der Waals surface area contributed by atoms with Crippen LogP contribution >= 0.6 is 0 Å². The highest BCUT2D eigenvalue weighted by molar-refractivity contribution is 5.77. The lowest BCUT2D eigenvalue weighted by atomic mass is 9.92. The van der Waals surface area contributed by atoms with E-state index in [1.807, 2.05) is 6.92 Å². The summed E-state index contributed by atoms with van der Waals surface area (Å²) in [5, 5.41) is 5.73. The van der Waals surface area contributed by atoms with Gasteiger partial charge in [0.2, 0.25) is 18.1 Å². The molecule has 0 bridgehead atoms. The van der Waals surface area contributed by atoms with Crippen LogP contribution in [0.2, 0.25) is 0 Å². The second-order valence-corrected chi connectivity index (χ2v) is 8.04. The van der Waals surface area contributed by atoms with Crippen molar-refractivity contribution in [1.82, 2.24) is 25.3 Å². The normalized spacial score (nSPS) is 20.7. The van der Waals surface area contributed by atoms with Gasteiger partial charge in [-0.1, -0.05) is 6.92 Å². The van der Waals surface area contributed by atoms with Crippen LogP contribution in [0.5, 0.6) is 0 Å². The number of rotatable bonds is 6. The summed E-state index contributed by atoms with van der Waals surface area (Å²) in [6, 6.07) is 7.84. The van der Waals surface area contributed by atoms with Gasteiger partial charge in [-0.25, -0.2) is 19.3 Å². The minimum Gasteiger partial charge on any atom is -0.357 e. The molecule has 3 aromatic rings. The van der Waals surface area contributed by atoms with Crippen LogP contribution in [0, 0.1) is 11.2 Å². The van der Waals surface area contributed by atoms with E-state index >= 15 is 0 Å². The summed E-state index contributed by atoms with van der Waals surface area (Å²) in [6.45, 7) is 4.68. The Morgan fingerprint density at radius 3 is 2.59 bits per heavy atom. The van der Waals surface area contributed by atoms with Gasteiger partial charge >= 0.3 is 0 Å². The van der Waals surface area contributed by atoms with Crippen LogP contribution in [-0.4, -0.2) is 52.6 Å². The summed E-state index contributed by atoms with van der Waals surface area (Å²) in [5.41, 5.74) is 2.24. The van der Waals surface area contributed by atoms with E-state index in [1.54, 1.807) is 31.4 Å². The Hall–Kier alpha value is -3.37. The number of hydrogen-bond donors (Lipinski definition) is 3. The lowest BCUT2D eigenvalue weighted by molar-refractivity contribution is -0.232. The van der Waals surface area contributed by atoms with Crippen LogP contribution in [0.1, 0.15) is 26.0 Å². The average Bonchev–Trinajstić information content (AvgIpc) is 3.24. The van der Waals surface area contributed by atoms with Crippen LogP contribution in [0.15, 0.2) is 36.5 Å². The summed E-state index contributed by atoms with van der Waals surface area (Å²) in [7, 11) is 1.74. The van der Waals surface area contributed by atoms with Crippen LogP contribution in [0.25, 0.3) is 22.6 Å². The Morgan fingerprint density at radius 2 is 1.94 bits per heavy atom. The summed E-state index contributed by atoms with van der Waals surface area (Å²) in [5.74, 6) is 0.509. The van der Waals surface area contributed by atoms with Crippen molar-refractivity contribution < 1.29 is 18.7 Å². The van der Waals surface area contributed by atoms with Gasteiger partial charge in [-0.2, -0.15) is 0 Å². The van der Waals surface area contributed by atoms with Gasteiger partial charge < -0.3 is 25.1 Å². The first-order valence-corrected chi connectivity index (χ1v) is 10.2. The second-order valence-electron chi connectivity index (χ2n) is 8.04. The molecule has 1 aliphatic heterocycles. The van der Waals surface area contributed by atoms with E-state index in [0.29, 0.717) is 48.6 Å². The number of benzene rings is 1. The lowest BCUT2D eigenvalue weighted by Gasteiger charge is -2.36. The van der Waals surface area contributed by atoms with E-state index < -0.39 is 6.29 Å². The largest absolute Gasteiger partial charge is 0.357 e. The number of aromatic amines is 1. The molecule has 168 valence electrons. The molecule has 10 heteroatoms. The second kappa shape index (κ2) is 9.01. The van der Waals surface area contributed by atoms with E-state index in [4.69, 9.17) is 14.5 Å². The standard InChI is InChI=1S/C22H25FN6O3/c1-13(30)26-10-22(2)11-31-20(32-12-22)19-28-17(14-4-6-15(23)7-5-14)18(29-19)16-8-9-25-21(24-3)27-16/h4-9,20H,10-12H2,1-3H3,(H,26,30)(H,28,29)(H,24,25,27). The first-order chi connectivity index (χ1) is 15.4. The Kier molecular flexibility index (Phi) is 6.15. The van der Waals surface area contributed by atoms with Crippen molar-refractivity contribution in [1.29, 1.82) is 0 Å². The fourth-order valence-corrected chi connectivity index (χ4v) is 3.36. The number of nitrogens with zero attached hydrogens (tertiary/aromatic N) is 3. The molecular formula is C22H25FN6O3. The fourth-order valence-electron chi connectivity index (χ4n) is 3.36. The van der Waals surface area contributed by atoms with E-state index in [2.05, 4.69) is 25.6 Å². The molecule has 1 amide bonds. The highest BCUT2D eigenvalue weighted by Gasteiger charge is 2.35. The van der Waals surface area contributed by atoms with Gasteiger partial charge in [-0.05, 0) is 30.3 Å². The zero-order valence-corrected chi connectivity index (χ0v) is 18.1. The maximum Gasteiger partial charge on any atom is 0.222 e. The molecule has 1 aromatic carbocycles. The molecular weight excluding hydrogens is 415 g/mol. The van der Waals surface area contributed by atoms with Gasteiger partial charge in [0.05, 0.1) is 30.3 Å². The molecule has 1 fully saturated rings. The maximum absolute atomic E-state index is 13.5. The number of hydrogen-bond acceptors (Lipinski definition) is 7. The van der Waals surface area contributed by atoms with Gasteiger partial charge in [0.15, 0.2) is 5.82 Å². The molecule has 1 aliphatic rings. The number of ether oxygens (including phenoxy) is 2. The van der Waals surface area contributed by atoms with Gasteiger partial charge in [-0.3, -0.25) is 4.79 Å². The SMILES string of the molecule is CNc1nccc(-c2[nH]c(C3OCC(C)(CNC(C)=O)CO3)nc2-c2ccc(F)cc2)n1. The molecule has 3 N–H and O–H groups in total. The molecule has 0 radical (unpaired) electrons. The molecule has 3 heterocycles. The number of amides is 1. The molecule has 1 saturated heterocycles. The highest BCUT2D eigenvalue weighted by atomic mass is 19.1. The van der Waals surface area contributed by atoms with E-state index in [-0.39, 0.29) is 17.1 Å². The monoisotopic (exact) mass is 440 g/mol. The summed E-state index contributed by atoms with van der Waals surface area (Å²) < 4.78 is 25.4. The van der Waals surface area contributed by atoms with E-state index in [9.17, 15) is 9.18 Å². The summed E-state index contributed by atoms with van der Waals surface area (Å²) >= 11 is 0. The van der Waals surface area contributed by atoms with E-state index in [0.717, 1.165) is 5.56 Å². The molecule has 4 rings (SSSR count). The van der Waals surface area contributed by atoms with Crippen LogP contribution in [0.4, 0.5) is 10.3 Å². The van der Waals surface area contributed by atoms with Gasteiger partial charge in [0, 0.05) is 37.7 Å². The quantitative estimate of drug-likeness (QED) is 0.540. The van der Waals surface area contributed by atoms with E-state index in [1.165, 1.54) is 19.1 Å². The zero-order chi connectivity index (χ0) is 22.7. The Balaban J connectivity index is 1.64. The smallest absolute Gasteiger partial charge is 0.222 e. The molecule has 0 unspecified atom stereocenters. The summed E-state index contributed by atoms with van der Waals surface area (Å²) in [4.78, 5) is 27.9. The topological polar surface area (TPSA) is 114 Å². The van der Waals surface area contributed by atoms with Crippen molar-refractivity contribution in [2.24, 2.45) is 5.41 Å². The molecule has 9 nitrogen and oxygen atoms in total. The van der Waals surface area contributed by atoms with Crippen molar-refractivity contribution in [3.63, 3.8) is 0 Å². The van der Waals surface area contributed by atoms with Gasteiger partial charge in [0.1, 0.15) is 5.82 Å². The number of halogens is 1. The Labute approximate surface area is 184 Å². The molecule has 32 heavy (non-hydrogen) atoms. The van der Waals surface area contributed by atoms with Crippen molar-refractivity contribution in [3.8, 4) is 22.6 Å². The Bertz CT molecular complexity index is 1090. The molecule has 0 aliphatic carbocycles. The highest BCUT2D eigenvalue weighted by Crippen LogP contribution is 2.35. The third-order valence-electron chi connectivity index (χ3n) is 5.13. The number of anilines is 1. The molecule has 0 atom stereocenters. The third kappa shape index (κ3) is 4.76. The van der Waals surface area contributed by atoms with Crippen molar-refractivity contribution in [2.45, 2.75) is 20.1 Å². The van der Waals surface area contributed by atoms with Crippen LogP contribution in [-0.2, 0) is 14.3 Å². The summed E-state index contributed by atoms with van der Waals surface area (Å²) in [6.07, 6.45) is 0.934. The first-order valence-electron chi connectivity index (χ1n) is 10.2. The maximum atomic E-state index is 13.5. The Morgan fingerprint density at radius 1 is 1.22 bits per heavy atom. The van der Waals surface area contributed by atoms with Crippen LogP contribution in [0.3, 0.4) is 0 Å². The van der Waals surface area contributed by atoms with Crippen molar-refractivity contribution in [3.05, 3.63) is 48.2 Å².